The molecule has 0 fully saturated rings. The Labute approximate surface area is 107 Å². The zero-order chi connectivity index (χ0) is 14.0. The fraction of sp³-hybridized carbons (Fsp3) is 0. The Hall–Kier alpha value is -2.55. The fourth-order valence-corrected chi connectivity index (χ4v) is 1.59. The molecule has 1 unspecified atom stereocenters. The summed E-state index contributed by atoms with van der Waals surface area (Å²) in [7, 11) is 0. The van der Waals surface area contributed by atoms with E-state index in [9.17, 15) is 10.0 Å². The molecule has 98 valence electrons. The molecule has 0 saturated heterocycles. The van der Waals surface area contributed by atoms with Gasteiger partial charge in [-0.25, -0.2) is 5.21 Å². The topological polar surface area (TPSA) is 142 Å². The van der Waals surface area contributed by atoms with Gasteiger partial charge in [0.05, 0.1) is 5.57 Å². The van der Waals surface area contributed by atoms with Gasteiger partial charge in [0.2, 0.25) is 5.96 Å². The molecule has 0 bridgehead atoms. The van der Waals surface area contributed by atoms with Crippen molar-refractivity contribution in [1.82, 2.24) is 0 Å². The molecule has 1 aromatic carbocycles. The van der Waals surface area contributed by atoms with E-state index >= 15 is 0 Å². The molecule has 8 heteroatoms. The first-order valence-electron chi connectivity index (χ1n) is 5.26. The van der Waals surface area contributed by atoms with E-state index in [1.165, 1.54) is 12.1 Å². The summed E-state index contributed by atoms with van der Waals surface area (Å²) in [5.74, 6) is -0.950. The maximum Gasteiger partial charge on any atom is 0.284 e. The number of carbonyl (C=O) groups excluding carboxylic acids is 1. The third kappa shape index (κ3) is 2.65. The van der Waals surface area contributed by atoms with Gasteiger partial charge < -0.3 is 16.7 Å². The quantitative estimate of drug-likeness (QED) is 0.386. The fourth-order valence-electron chi connectivity index (χ4n) is 1.59. The monoisotopic (exact) mass is 261 g/mol. The van der Waals surface area contributed by atoms with Gasteiger partial charge in [-0.3, -0.25) is 4.79 Å². The van der Waals surface area contributed by atoms with Crippen LogP contribution in [-0.4, -0.2) is 22.9 Å². The van der Waals surface area contributed by atoms with Gasteiger partial charge in [-0.15, -0.1) is 0 Å². The molecule has 2 rings (SSSR count). The van der Waals surface area contributed by atoms with Gasteiger partial charge in [0.1, 0.15) is 5.84 Å². The number of nitrogens with zero attached hydrogens (tertiary/aromatic N) is 2. The number of hydrogen-bond donors (Lipinski definition) is 4. The van der Waals surface area contributed by atoms with Crippen molar-refractivity contribution in [3.63, 3.8) is 0 Å². The van der Waals surface area contributed by atoms with E-state index in [0.717, 1.165) is 0 Å². The molecule has 0 radical (unpaired) electrons. The highest BCUT2D eigenvalue weighted by atomic mass is 16.8. The molecule has 1 amide bonds. The molecule has 0 spiro atoms. The van der Waals surface area contributed by atoms with Gasteiger partial charge in [-0.2, -0.15) is 15.2 Å². The molecular formula is C11H11N5O3. The summed E-state index contributed by atoms with van der Waals surface area (Å²) in [6.45, 7) is 0. The standard InChI is InChI=1S/C11H11N5O3/c12-9-7(10(17)15-11(13)14-9)5-6-3-1-2-4-8(6)16(18)19/h1-5,16,18H,(H4,12,13,14,15,17)/b7-5+. The lowest BCUT2D eigenvalue weighted by molar-refractivity contribution is -0.991. The van der Waals surface area contributed by atoms with Crippen LogP contribution in [0.4, 0.5) is 5.69 Å². The summed E-state index contributed by atoms with van der Waals surface area (Å²) in [6, 6.07) is 6.21. The normalized spacial score (nSPS) is 19.1. The largest absolute Gasteiger partial charge is 0.595 e. The van der Waals surface area contributed by atoms with Gasteiger partial charge in [-0.05, 0) is 12.1 Å². The van der Waals surface area contributed by atoms with Crippen LogP contribution in [0.1, 0.15) is 5.56 Å². The van der Waals surface area contributed by atoms with Gasteiger partial charge in [-0.1, -0.05) is 12.1 Å². The van der Waals surface area contributed by atoms with Crippen LogP contribution in [-0.2, 0) is 4.79 Å². The molecule has 1 aliphatic rings. The Kier molecular flexibility index (Phi) is 3.38. The first-order valence-corrected chi connectivity index (χ1v) is 5.26. The summed E-state index contributed by atoms with van der Waals surface area (Å²) in [5, 5.41) is 19.0. The van der Waals surface area contributed by atoms with E-state index in [0.29, 0.717) is 5.56 Å². The number of amidine groups is 1. The molecule has 0 aliphatic carbocycles. The predicted molar refractivity (Wildman–Crippen MR) is 68.4 cm³/mol. The minimum Gasteiger partial charge on any atom is -0.595 e. The Morgan fingerprint density at radius 3 is 2.58 bits per heavy atom. The highest BCUT2D eigenvalue weighted by Gasteiger charge is 2.19. The van der Waals surface area contributed by atoms with Crippen molar-refractivity contribution >= 4 is 29.5 Å². The second-order valence-electron chi connectivity index (χ2n) is 3.72. The Bertz CT molecular complexity index is 619. The summed E-state index contributed by atoms with van der Waals surface area (Å²) >= 11 is 0. The van der Waals surface area contributed by atoms with Crippen molar-refractivity contribution in [2.24, 2.45) is 21.5 Å². The van der Waals surface area contributed by atoms with Crippen LogP contribution in [0.3, 0.4) is 0 Å². The summed E-state index contributed by atoms with van der Waals surface area (Å²) in [6.07, 6.45) is 1.33. The van der Waals surface area contributed by atoms with Crippen LogP contribution in [0.15, 0.2) is 39.8 Å². The molecule has 8 nitrogen and oxygen atoms in total. The van der Waals surface area contributed by atoms with E-state index < -0.39 is 11.1 Å². The zero-order valence-electron chi connectivity index (χ0n) is 9.70. The number of hydrogen-bond acceptors (Lipinski definition) is 6. The Balaban J connectivity index is 2.48. The van der Waals surface area contributed by atoms with Gasteiger partial charge in [0.25, 0.3) is 5.91 Å². The number of nitrogens with one attached hydrogen (secondary N) is 1. The lowest BCUT2D eigenvalue weighted by Crippen LogP contribution is -2.99. The number of aliphatic imine (C=N–C) groups is 2. The third-order valence-corrected chi connectivity index (χ3v) is 2.45. The van der Waals surface area contributed by atoms with Crippen molar-refractivity contribution in [1.29, 1.82) is 0 Å². The van der Waals surface area contributed by atoms with Crippen LogP contribution in [0.5, 0.6) is 0 Å². The van der Waals surface area contributed by atoms with E-state index in [4.69, 9.17) is 16.7 Å². The number of quaternary nitrogens is 1. The molecule has 1 atom stereocenters. The first kappa shape index (κ1) is 12.9. The summed E-state index contributed by atoms with van der Waals surface area (Å²) in [4.78, 5) is 18.8. The van der Waals surface area contributed by atoms with Crippen molar-refractivity contribution in [3.05, 3.63) is 40.6 Å². The number of para-hydroxylation sites is 1. The van der Waals surface area contributed by atoms with Crippen molar-refractivity contribution in [2.45, 2.75) is 0 Å². The van der Waals surface area contributed by atoms with E-state index in [1.807, 2.05) is 0 Å². The molecule has 19 heavy (non-hydrogen) atoms. The Morgan fingerprint density at radius 2 is 1.95 bits per heavy atom. The lowest BCUT2D eigenvalue weighted by Gasteiger charge is -2.14. The molecule has 1 aliphatic heterocycles. The average Bonchev–Trinajstić information content (AvgIpc) is 2.34. The van der Waals surface area contributed by atoms with Crippen LogP contribution in [0.2, 0.25) is 0 Å². The smallest absolute Gasteiger partial charge is 0.284 e. The Morgan fingerprint density at radius 1 is 1.26 bits per heavy atom. The molecule has 0 saturated carbocycles. The lowest BCUT2D eigenvalue weighted by atomic mass is 10.1. The average molecular weight is 261 g/mol. The first-order chi connectivity index (χ1) is 8.99. The second-order valence-corrected chi connectivity index (χ2v) is 3.72. The van der Waals surface area contributed by atoms with Crippen LogP contribution in [0.25, 0.3) is 6.08 Å². The number of guanidine groups is 1. The van der Waals surface area contributed by atoms with Crippen molar-refractivity contribution in [2.75, 3.05) is 0 Å². The molecule has 0 aromatic heterocycles. The van der Waals surface area contributed by atoms with Gasteiger partial charge in [0.15, 0.2) is 5.69 Å². The van der Waals surface area contributed by atoms with Gasteiger partial charge >= 0.3 is 0 Å². The third-order valence-electron chi connectivity index (χ3n) is 2.45. The minimum atomic E-state index is -1.10. The summed E-state index contributed by atoms with van der Waals surface area (Å²) < 4.78 is 0. The number of rotatable bonds is 2. The van der Waals surface area contributed by atoms with E-state index in [2.05, 4.69) is 9.98 Å². The van der Waals surface area contributed by atoms with E-state index in [-0.39, 0.29) is 23.1 Å². The van der Waals surface area contributed by atoms with Crippen LogP contribution >= 0.6 is 0 Å². The molecule has 6 N–H and O–H groups in total. The maximum atomic E-state index is 11.7. The van der Waals surface area contributed by atoms with Crippen LogP contribution in [0, 0.1) is 5.21 Å². The predicted octanol–water partition coefficient (Wildman–Crippen LogP) is -1.31. The second kappa shape index (κ2) is 4.98. The molecule has 1 aromatic rings. The van der Waals surface area contributed by atoms with E-state index in [1.54, 1.807) is 18.2 Å². The zero-order valence-corrected chi connectivity index (χ0v) is 9.70. The highest BCUT2D eigenvalue weighted by Crippen LogP contribution is 2.16. The molecule has 1 heterocycles. The molecular weight excluding hydrogens is 250 g/mol. The SMILES string of the molecule is NC1=NC(=O)/C(=C/c2ccccc2[NH+]([O-])O)C(N)=N1. The van der Waals surface area contributed by atoms with Crippen molar-refractivity contribution in [3.8, 4) is 0 Å². The van der Waals surface area contributed by atoms with Gasteiger partial charge in [0, 0.05) is 11.6 Å². The number of nitrogens with two attached hydrogens (primary N) is 2. The highest BCUT2D eigenvalue weighted by molar-refractivity contribution is 6.29. The van der Waals surface area contributed by atoms with Crippen molar-refractivity contribution < 1.29 is 15.2 Å². The van der Waals surface area contributed by atoms with Crippen LogP contribution < -0.4 is 16.7 Å². The number of carbonyl (C=O) groups is 1. The number of benzene rings is 1. The maximum absolute atomic E-state index is 11.7. The number of amides is 1. The minimum absolute atomic E-state index is 0.0166. The summed E-state index contributed by atoms with van der Waals surface area (Å²) in [5.41, 5.74) is 11.3.